The average molecular weight is 280 g/mol. The Kier molecular flexibility index (Phi) is 9.32. The van der Waals surface area contributed by atoms with E-state index in [1.165, 1.54) is 5.56 Å². The summed E-state index contributed by atoms with van der Waals surface area (Å²) in [6.07, 6.45) is 2.95. The molecule has 0 spiro atoms. The van der Waals surface area contributed by atoms with Gasteiger partial charge in [-0.15, -0.1) is 0 Å². The van der Waals surface area contributed by atoms with Crippen molar-refractivity contribution < 1.29 is 10.2 Å². The molecule has 0 aliphatic carbocycles. The van der Waals surface area contributed by atoms with Crippen LogP contribution in [0.15, 0.2) is 18.2 Å². The van der Waals surface area contributed by atoms with Crippen LogP contribution in [0.4, 0.5) is 0 Å². The molecule has 0 radical (unpaired) electrons. The molecule has 2 heteroatoms. The zero-order chi connectivity index (χ0) is 15.7. The second-order valence-corrected chi connectivity index (χ2v) is 6.23. The van der Waals surface area contributed by atoms with Gasteiger partial charge in [-0.3, -0.25) is 0 Å². The van der Waals surface area contributed by atoms with Crippen LogP contribution in [0, 0.1) is 12.8 Å². The molecule has 1 unspecified atom stereocenters. The van der Waals surface area contributed by atoms with E-state index in [0.29, 0.717) is 11.7 Å². The molecule has 0 saturated carbocycles. The zero-order valence-corrected chi connectivity index (χ0v) is 14.0. The van der Waals surface area contributed by atoms with Crippen LogP contribution in [0.5, 0.6) is 5.75 Å². The molecular formula is C18H32O2. The van der Waals surface area contributed by atoms with Gasteiger partial charge in [0.2, 0.25) is 0 Å². The maximum Gasteiger partial charge on any atom is 0.118 e. The monoisotopic (exact) mass is 280 g/mol. The Morgan fingerprint density at radius 2 is 1.65 bits per heavy atom. The summed E-state index contributed by atoms with van der Waals surface area (Å²) in [5.74, 6) is 1.61. The van der Waals surface area contributed by atoms with Crippen molar-refractivity contribution in [3.05, 3.63) is 29.3 Å². The summed E-state index contributed by atoms with van der Waals surface area (Å²) in [6.45, 7) is 12.5. The molecule has 116 valence electrons. The van der Waals surface area contributed by atoms with Crippen LogP contribution in [0.1, 0.15) is 70.9 Å². The van der Waals surface area contributed by atoms with Gasteiger partial charge in [0.1, 0.15) is 5.75 Å². The van der Waals surface area contributed by atoms with E-state index in [2.05, 4.69) is 33.8 Å². The van der Waals surface area contributed by atoms with E-state index in [1.807, 2.05) is 26.0 Å². The van der Waals surface area contributed by atoms with Crippen LogP contribution in [-0.4, -0.2) is 16.3 Å². The fraction of sp³-hybridized carbons (Fsp3) is 0.667. The molecular weight excluding hydrogens is 248 g/mol. The number of benzene rings is 1. The van der Waals surface area contributed by atoms with Crippen LogP contribution in [0.3, 0.4) is 0 Å². The van der Waals surface area contributed by atoms with Gasteiger partial charge in [0.15, 0.2) is 0 Å². The SMILES string of the molecule is CCC(O)CCC(C)C.Cc1ccc(C(C)C)cc1O. The minimum absolute atomic E-state index is 0.0626. The lowest BCUT2D eigenvalue weighted by Gasteiger charge is -2.08. The topological polar surface area (TPSA) is 40.5 Å². The normalized spacial score (nSPS) is 12.2. The molecule has 0 fully saturated rings. The highest BCUT2D eigenvalue weighted by Gasteiger charge is 2.01. The number of aliphatic hydroxyl groups is 1. The standard InChI is InChI=1S/C10H14O.C8H18O/c1-7(2)9-5-4-8(3)10(11)6-9;1-4-8(9)6-5-7(2)3/h4-7,11H,1-3H3;7-9H,4-6H2,1-3H3. The number of aliphatic hydroxyl groups excluding tert-OH is 1. The van der Waals surface area contributed by atoms with Crippen molar-refractivity contribution in [2.24, 2.45) is 5.92 Å². The maximum absolute atomic E-state index is 9.35. The first-order valence-corrected chi connectivity index (χ1v) is 7.75. The minimum atomic E-state index is -0.0626. The number of hydrogen-bond acceptors (Lipinski definition) is 2. The van der Waals surface area contributed by atoms with Gasteiger partial charge in [0, 0.05) is 0 Å². The first kappa shape index (κ1) is 19.0. The van der Waals surface area contributed by atoms with Crippen LogP contribution in [0.25, 0.3) is 0 Å². The number of hydrogen-bond donors (Lipinski definition) is 2. The van der Waals surface area contributed by atoms with E-state index in [-0.39, 0.29) is 6.10 Å². The first-order chi connectivity index (χ1) is 9.27. The number of phenols is 1. The molecule has 0 aromatic heterocycles. The van der Waals surface area contributed by atoms with Crippen molar-refractivity contribution in [3.63, 3.8) is 0 Å². The Bertz CT molecular complexity index is 370. The third-order valence-corrected chi connectivity index (χ3v) is 3.45. The van der Waals surface area contributed by atoms with Crippen LogP contribution in [0.2, 0.25) is 0 Å². The van der Waals surface area contributed by atoms with Gasteiger partial charge in [-0.05, 0) is 55.2 Å². The van der Waals surface area contributed by atoms with Crippen molar-refractivity contribution in [1.82, 2.24) is 0 Å². The Labute approximate surface area is 124 Å². The largest absolute Gasteiger partial charge is 0.508 e. The van der Waals surface area contributed by atoms with Gasteiger partial charge in [0.05, 0.1) is 6.10 Å². The number of rotatable bonds is 5. The van der Waals surface area contributed by atoms with Crippen LogP contribution >= 0.6 is 0 Å². The molecule has 1 rings (SSSR count). The lowest BCUT2D eigenvalue weighted by Crippen LogP contribution is -2.05. The van der Waals surface area contributed by atoms with Gasteiger partial charge in [-0.25, -0.2) is 0 Å². The summed E-state index contributed by atoms with van der Waals surface area (Å²) in [5, 5.41) is 18.5. The molecule has 0 saturated heterocycles. The summed E-state index contributed by atoms with van der Waals surface area (Å²) in [5.41, 5.74) is 2.13. The Morgan fingerprint density at radius 1 is 1.05 bits per heavy atom. The number of aryl methyl sites for hydroxylation is 1. The van der Waals surface area contributed by atoms with E-state index in [4.69, 9.17) is 5.11 Å². The fourth-order valence-corrected chi connectivity index (χ4v) is 1.72. The third-order valence-electron chi connectivity index (χ3n) is 3.45. The predicted molar refractivity (Wildman–Crippen MR) is 87.3 cm³/mol. The molecule has 0 aliphatic rings. The number of phenolic OH excluding ortho intramolecular Hbond substituents is 1. The quantitative estimate of drug-likeness (QED) is 0.795. The average Bonchev–Trinajstić information content (AvgIpc) is 2.39. The molecule has 2 N–H and O–H groups in total. The van der Waals surface area contributed by atoms with Crippen molar-refractivity contribution in [1.29, 1.82) is 0 Å². The van der Waals surface area contributed by atoms with E-state index >= 15 is 0 Å². The van der Waals surface area contributed by atoms with Gasteiger partial charge in [-0.2, -0.15) is 0 Å². The molecule has 0 bridgehead atoms. The van der Waals surface area contributed by atoms with Crippen molar-refractivity contribution >= 4 is 0 Å². The minimum Gasteiger partial charge on any atom is -0.508 e. The van der Waals surface area contributed by atoms with Gasteiger partial charge < -0.3 is 10.2 Å². The van der Waals surface area contributed by atoms with Gasteiger partial charge in [-0.1, -0.05) is 46.8 Å². The molecule has 0 amide bonds. The predicted octanol–water partition coefficient (Wildman–Crippen LogP) is 5.02. The zero-order valence-electron chi connectivity index (χ0n) is 14.0. The fourth-order valence-electron chi connectivity index (χ4n) is 1.72. The summed E-state index contributed by atoms with van der Waals surface area (Å²) < 4.78 is 0. The molecule has 0 heterocycles. The molecule has 2 nitrogen and oxygen atoms in total. The van der Waals surface area contributed by atoms with Gasteiger partial charge >= 0.3 is 0 Å². The van der Waals surface area contributed by atoms with Crippen molar-refractivity contribution in [3.8, 4) is 5.75 Å². The summed E-state index contributed by atoms with van der Waals surface area (Å²) >= 11 is 0. The highest BCUT2D eigenvalue weighted by Crippen LogP contribution is 2.22. The summed E-state index contributed by atoms with van der Waals surface area (Å²) in [7, 11) is 0. The third kappa shape index (κ3) is 8.21. The lowest BCUT2D eigenvalue weighted by atomic mass is 10.0. The van der Waals surface area contributed by atoms with Crippen LogP contribution in [-0.2, 0) is 0 Å². The van der Waals surface area contributed by atoms with Crippen molar-refractivity contribution in [2.45, 2.75) is 72.8 Å². The Balaban J connectivity index is 0.000000370. The van der Waals surface area contributed by atoms with Crippen molar-refractivity contribution in [2.75, 3.05) is 0 Å². The Morgan fingerprint density at radius 3 is 2.05 bits per heavy atom. The van der Waals surface area contributed by atoms with E-state index < -0.39 is 0 Å². The molecule has 0 aliphatic heterocycles. The molecule has 1 atom stereocenters. The smallest absolute Gasteiger partial charge is 0.118 e. The molecule has 1 aromatic carbocycles. The second-order valence-electron chi connectivity index (χ2n) is 6.23. The highest BCUT2D eigenvalue weighted by molar-refractivity contribution is 5.36. The lowest BCUT2D eigenvalue weighted by molar-refractivity contribution is 0.152. The van der Waals surface area contributed by atoms with Crippen LogP contribution < -0.4 is 0 Å². The van der Waals surface area contributed by atoms with E-state index in [9.17, 15) is 5.11 Å². The Hall–Kier alpha value is -1.02. The second kappa shape index (κ2) is 9.82. The summed E-state index contributed by atoms with van der Waals surface area (Å²) in [6, 6.07) is 5.84. The summed E-state index contributed by atoms with van der Waals surface area (Å²) in [4.78, 5) is 0. The highest BCUT2D eigenvalue weighted by atomic mass is 16.3. The maximum atomic E-state index is 9.35. The first-order valence-electron chi connectivity index (χ1n) is 7.75. The van der Waals surface area contributed by atoms with E-state index in [1.54, 1.807) is 0 Å². The van der Waals surface area contributed by atoms with Gasteiger partial charge in [0.25, 0.3) is 0 Å². The van der Waals surface area contributed by atoms with E-state index in [0.717, 1.165) is 30.7 Å². The molecule has 20 heavy (non-hydrogen) atoms. The molecule has 1 aromatic rings. The number of aromatic hydroxyl groups is 1.